The molecule has 120 valence electrons. The smallest absolute Gasteiger partial charge is 0.343 e. The highest BCUT2D eigenvalue weighted by Gasteiger charge is 2.38. The van der Waals surface area contributed by atoms with Crippen molar-refractivity contribution in [3.63, 3.8) is 0 Å². The van der Waals surface area contributed by atoms with Gasteiger partial charge in [0.25, 0.3) is 0 Å². The zero-order chi connectivity index (χ0) is 16.2. The Morgan fingerprint density at radius 2 is 2.00 bits per heavy atom. The van der Waals surface area contributed by atoms with Crippen LogP contribution >= 0.6 is 11.9 Å². The highest BCUT2D eigenvalue weighted by Crippen LogP contribution is 2.42. The number of ether oxygens (including phenoxy) is 1. The van der Waals surface area contributed by atoms with Crippen molar-refractivity contribution in [1.29, 1.82) is 5.41 Å². The fourth-order valence-electron chi connectivity index (χ4n) is 1.71. The SMILES string of the molecule is CCC1CC1SNC(=O)N(C(=N)OC)C(=O)NC(C)(C)C. The summed E-state index contributed by atoms with van der Waals surface area (Å²) in [6, 6.07) is -1.87. The standard InChI is InChI=1S/C13H24N4O3S/c1-6-8-7-9(8)21-16-12(19)17(10(14)20-5)11(18)15-13(2,3)4/h8-9,14H,6-7H2,1-5H3,(H,15,18)(H,16,19). The van der Waals surface area contributed by atoms with Crippen LogP contribution < -0.4 is 10.0 Å². The number of amidine groups is 1. The average Bonchev–Trinajstić information content (AvgIpc) is 3.12. The Hall–Kier alpha value is -1.44. The molecule has 21 heavy (non-hydrogen) atoms. The van der Waals surface area contributed by atoms with Gasteiger partial charge in [-0.3, -0.25) is 10.1 Å². The average molecular weight is 316 g/mol. The van der Waals surface area contributed by atoms with Crippen LogP contribution in [0.3, 0.4) is 0 Å². The Balaban J connectivity index is 2.62. The van der Waals surface area contributed by atoms with Crippen LogP contribution in [0.2, 0.25) is 0 Å². The maximum atomic E-state index is 12.1. The number of rotatable bonds is 3. The van der Waals surface area contributed by atoms with Gasteiger partial charge >= 0.3 is 18.1 Å². The minimum absolute atomic E-state index is 0.392. The summed E-state index contributed by atoms with van der Waals surface area (Å²) < 4.78 is 7.33. The molecular formula is C13H24N4O3S. The molecule has 0 heterocycles. The second-order valence-electron chi connectivity index (χ2n) is 5.99. The number of carbonyl (C=O) groups excluding carboxylic acids is 2. The highest BCUT2D eigenvalue weighted by atomic mass is 32.2. The molecule has 4 amide bonds. The minimum atomic E-state index is -0.685. The van der Waals surface area contributed by atoms with E-state index in [2.05, 4.69) is 17.0 Å². The number of methoxy groups -OCH3 is 1. The van der Waals surface area contributed by atoms with Gasteiger partial charge in [0.15, 0.2) is 0 Å². The Morgan fingerprint density at radius 1 is 1.38 bits per heavy atom. The lowest BCUT2D eigenvalue weighted by atomic mass is 10.1. The second-order valence-corrected chi connectivity index (χ2v) is 7.04. The van der Waals surface area contributed by atoms with E-state index < -0.39 is 23.6 Å². The van der Waals surface area contributed by atoms with Crippen molar-refractivity contribution < 1.29 is 14.3 Å². The number of amides is 4. The molecule has 0 aromatic rings. The van der Waals surface area contributed by atoms with Gasteiger partial charge in [-0.05, 0) is 45.1 Å². The predicted octanol–water partition coefficient (Wildman–Crippen LogP) is 2.53. The molecular weight excluding hydrogens is 292 g/mol. The predicted molar refractivity (Wildman–Crippen MR) is 83.2 cm³/mol. The van der Waals surface area contributed by atoms with Crippen molar-refractivity contribution >= 4 is 30.0 Å². The first-order chi connectivity index (χ1) is 9.69. The molecule has 1 aliphatic rings. The molecule has 0 spiro atoms. The maximum absolute atomic E-state index is 12.1. The van der Waals surface area contributed by atoms with E-state index in [4.69, 9.17) is 10.1 Å². The number of hydrogen-bond donors (Lipinski definition) is 3. The van der Waals surface area contributed by atoms with Gasteiger partial charge in [-0.15, -0.1) is 0 Å². The van der Waals surface area contributed by atoms with Gasteiger partial charge < -0.3 is 10.1 Å². The van der Waals surface area contributed by atoms with Crippen LogP contribution in [-0.2, 0) is 4.74 Å². The van der Waals surface area contributed by atoms with Gasteiger partial charge in [-0.25, -0.2) is 9.59 Å². The molecule has 0 bridgehead atoms. The van der Waals surface area contributed by atoms with Gasteiger partial charge in [-0.2, -0.15) is 4.90 Å². The number of carbonyl (C=O) groups is 2. The first-order valence-corrected chi connectivity index (χ1v) is 7.78. The van der Waals surface area contributed by atoms with E-state index in [0.29, 0.717) is 16.1 Å². The second kappa shape index (κ2) is 7.02. The van der Waals surface area contributed by atoms with Gasteiger partial charge in [0.2, 0.25) is 0 Å². The minimum Gasteiger partial charge on any atom is -0.468 e. The largest absolute Gasteiger partial charge is 0.468 e. The third-order valence-electron chi connectivity index (χ3n) is 2.96. The third-order valence-corrected chi connectivity index (χ3v) is 4.14. The number of nitrogens with zero attached hydrogens (tertiary/aromatic N) is 1. The normalized spacial score (nSPS) is 20.4. The molecule has 2 unspecified atom stereocenters. The zero-order valence-corrected chi connectivity index (χ0v) is 14.0. The number of hydrogen-bond acceptors (Lipinski definition) is 5. The van der Waals surface area contributed by atoms with E-state index in [1.165, 1.54) is 19.1 Å². The first-order valence-electron chi connectivity index (χ1n) is 6.90. The van der Waals surface area contributed by atoms with Crippen LogP contribution in [0.5, 0.6) is 0 Å². The lowest BCUT2D eigenvalue weighted by molar-refractivity contribution is 0.192. The Labute approximate surface area is 129 Å². The number of imide groups is 1. The molecule has 0 radical (unpaired) electrons. The van der Waals surface area contributed by atoms with Crippen LogP contribution in [-0.4, -0.2) is 40.9 Å². The van der Waals surface area contributed by atoms with Crippen molar-refractivity contribution in [2.24, 2.45) is 5.92 Å². The fourth-order valence-corrected chi connectivity index (χ4v) is 2.78. The number of urea groups is 2. The van der Waals surface area contributed by atoms with E-state index in [9.17, 15) is 9.59 Å². The van der Waals surface area contributed by atoms with E-state index in [-0.39, 0.29) is 0 Å². The first kappa shape index (κ1) is 17.6. The topological polar surface area (TPSA) is 94.5 Å². The zero-order valence-electron chi connectivity index (χ0n) is 13.1. The molecule has 0 aromatic heterocycles. The maximum Gasteiger partial charge on any atom is 0.343 e. The van der Waals surface area contributed by atoms with Crippen LogP contribution in [0.1, 0.15) is 40.5 Å². The lowest BCUT2D eigenvalue weighted by Gasteiger charge is -2.26. The Morgan fingerprint density at radius 3 is 2.43 bits per heavy atom. The third kappa shape index (κ3) is 5.45. The van der Waals surface area contributed by atoms with E-state index >= 15 is 0 Å². The van der Waals surface area contributed by atoms with E-state index in [1.807, 2.05) is 0 Å². The molecule has 2 atom stereocenters. The molecule has 1 aliphatic carbocycles. The molecule has 7 nitrogen and oxygen atoms in total. The molecule has 0 saturated heterocycles. The van der Waals surface area contributed by atoms with E-state index in [0.717, 1.165) is 12.8 Å². The van der Waals surface area contributed by atoms with Crippen LogP contribution in [0.15, 0.2) is 0 Å². The van der Waals surface area contributed by atoms with Gasteiger partial charge in [0, 0.05) is 10.8 Å². The lowest BCUT2D eigenvalue weighted by Crippen LogP contribution is -2.54. The molecule has 8 heteroatoms. The van der Waals surface area contributed by atoms with Crippen molar-refractivity contribution in [3.8, 4) is 0 Å². The molecule has 0 aromatic carbocycles. The number of nitrogens with one attached hydrogen (secondary N) is 3. The van der Waals surface area contributed by atoms with Gasteiger partial charge in [0.1, 0.15) is 0 Å². The van der Waals surface area contributed by atoms with Crippen molar-refractivity contribution in [1.82, 2.24) is 14.9 Å². The highest BCUT2D eigenvalue weighted by molar-refractivity contribution is 7.98. The fraction of sp³-hybridized carbons (Fsp3) is 0.769. The summed E-state index contributed by atoms with van der Waals surface area (Å²) in [6.07, 6.45) is 2.15. The van der Waals surface area contributed by atoms with Crippen LogP contribution in [0.25, 0.3) is 0 Å². The monoisotopic (exact) mass is 316 g/mol. The molecule has 1 rings (SSSR count). The van der Waals surface area contributed by atoms with Crippen molar-refractivity contribution in [2.75, 3.05) is 7.11 Å². The summed E-state index contributed by atoms with van der Waals surface area (Å²) >= 11 is 1.30. The van der Waals surface area contributed by atoms with Gasteiger partial charge in [-0.1, -0.05) is 13.3 Å². The molecule has 1 saturated carbocycles. The van der Waals surface area contributed by atoms with Crippen LogP contribution in [0.4, 0.5) is 9.59 Å². The Bertz CT molecular complexity index is 422. The van der Waals surface area contributed by atoms with E-state index in [1.54, 1.807) is 20.8 Å². The quantitative estimate of drug-likeness (QED) is 0.423. The summed E-state index contributed by atoms with van der Waals surface area (Å²) in [5.74, 6) is 0.619. The summed E-state index contributed by atoms with van der Waals surface area (Å²) in [4.78, 5) is 24.9. The van der Waals surface area contributed by atoms with Crippen molar-refractivity contribution in [3.05, 3.63) is 0 Å². The summed E-state index contributed by atoms with van der Waals surface area (Å²) in [7, 11) is 1.24. The van der Waals surface area contributed by atoms with Crippen LogP contribution in [0, 0.1) is 11.3 Å². The summed E-state index contributed by atoms with van der Waals surface area (Å²) in [6.45, 7) is 7.49. The summed E-state index contributed by atoms with van der Waals surface area (Å²) in [5, 5.41) is 10.6. The van der Waals surface area contributed by atoms with Gasteiger partial charge in [0.05, 0.1) is 7.11 Å². The van der Waals surface area contributed by atoms with Crippen molar-refractivity contribution in [2.45, 2.75) is 51.3 Å². The molecule has 0 aliphatic heterocycles. The molecule has 1 fully saturated rings. The Kier molecular flexibility index (Phi) is 5.88. The summed E-state index contributed by atoms with van der Waals surface area (Å²) in [5.41, 5.74) is -0.513. The molecule has 3 N–H and O–H groups in total.